The second-order valence-corrected chi connectivity index (χ2v) is 5.50. The molecule has 2 aromatic carbocycles. The second-order valence-electron chi connectivity index (χ2n) is 4.25. The third-order valence-electron chi connectivity index (χ3n) is 2.79. The number of benzene rings is 2. The topological polar surface area (TPSA) is 61.4 Å². The van der Waals surface area contributed by atoms with Gasteiger partial charge in [-0.3, -0.25) is 0 Å². The predicted molar refractivity (Wildman–Crippen MR) is 87.6 cm³/mol. The molecule has 0 fully saturated rings. The van der Waals surface area contributed by atoms with Gasteiger partial charge in [0.2, 0.25) is 0 Å². The second kappa shape index (κ2) is 7.25. The van der Waals surface area contributed by atoms with Gasteiger partial charge in [0.15, 0.2) is 0 Å². The molecule has 3 N–H and O–H groups in total. The number of hydrogen-bond donors (Lipinski definition) is 3. The van der Waals surface area contributed by atoms with E-state index >= 15 is 0 Å². The van der Waals surface area contributed by atoms with Crippen LogP contribution in [-0.4, -0.2) is 17.7 Å². The average Bonchev–Trinajstić information content (AvgIpc) is 2.48. The van der Waals surface area contributed by atoms with E-state index in [1.54, 1.807) is 0 Å². The number of nitrogens with one attached hydrogen (secondary N) is 2. The number of urea groups is 1. The summed E-state index contributed by atoms with van der Waals surface area (Å²) in [4.78, 5) is 11.9. The first-order valence-electron chi connectivity index (χ1n) is 6.18. The van der Waals surface area contributed by atoms with Crippen molar-refractivity contribution in [2.45, 2.75) is 6.04 Å². The standard InChI is InChI=1S/C15H15IN2O2/c16-12-6-8-13(9-7-12)17-15(20)18-14(10-19)11-4-2-1-3-5-11/h1-9,14,19H,10H2,(H2,17,18,20)/t14-/m1/s1. The molecule has 0 spiro atoms. The molecule has 20 heavy (non-hydrogen) atoms. The molecule has 0 aromatic heterocycles. The van der Waals surface area contributed by atoms with Gasteiger partial charge in [-0.1, -0.05) is 30.3 Å². The lowest BCUT2D eigenvalue weighted by Crippen LogP contribution is -2.34. The molecule has 2 rings (SSSR count). The van der Waals surface area contributed by atoms with Gasteiger partial charge in [0, 0.05) is 9.26 Å². The van der Waals surface area contributed by atoms with Crippen molar-refractivity contribution in [3.05, 3.63) is 63.7 Å². The third-order valence-corrected chi connectivity index (χ3v) is 3.51. The van der Waals surface area contributed by atoms with E-state index in [1.807, 2.05) is 54.6 Å². The van der Waals surface area contributed by atoms with Crippen LogP contribution in [0.25, 0.3) is 0 Å². The summed E-state index contributed by atoms with van der Waals surface area (Å²) in [5, 5.41) is 14.9. The molecule has 0 saturated carbocycles. The lowest BCUT2D eigenvalue weighted by molar-refractivity contribution is 0.225. The van der Waals surface area contributed by atoms with Gasteiger partial charge in [0.05, 0.1) is 12.6 Å². The van der Waals surface area contributed by atoms with Gasteiger partial charge in [-0.2, -0.15) is 0 Å². The fourth-order valence-corrected chi connectivity index (χ4v) is 2.14. The molecule has 0 heterocycles. The molecule has 5 heteroatoms. The largest absolute Gasteiger partial charge is 0.394 e. The molecule has 0 saturated heterocycles. The van der Waals surface area contributed by atoms with E-state index in [2.05, 4.69) is 33.2 Å². The fraction of sp³-hybridized carbons (Fsp3) is 0.133. The van der Waals surface area contributed by atoms with E-state index in [0.717, 1.165) is 9.13 Å². The maximum atomic E-state index is 11.9. The maximum Gasteiger partial charge on any atom is 0.319 e. The van der Waals surface area contributed by atoms with Crippen molar-refractivity contribution < 1.29 is 9.90 Å². The number of amides is 2. The minimum absolute atomic E-state index is 0.149. The van der Waals surface area contributed by atoms with Gasteiger partial charge in [-0.25, -0.2) is 4.79 Å². The molecule has 0 radical (unpaired) electrons. The lowest BCUT2D eigenvalue weighted by Gasteiger charge is -2.17. The highest BCUT2D eigenvalue weighted by Crippen LogP contribution is 2.13. The van der Waals surface area contributed by atoms with Crippen molar-refractivity contribution in [3.8, 4) is 0 Å². The Kier molecular flexibility index (Phi) is 5.37. The maximum absolute atomic E-state index is 11.9. The first-order chi connectivity index (χ1) is 9.69. The van der Waals surface area contributed by atoms with Crippen LogP contribution in [0.4, 0.5) is 10.5 Å². The van der Waals surface area contributed by atoms with Crippen LogP contribution in [0.3, 0.4) is 0 Å². The molecule has 104 valence electrons. The zero-order valence-electron chi connectivity index (χ0n) is 10.7. The van der Waals surface area contributed by atoms with Crippen LogP contribution in [0.1, 0.15) is 11.6 Å². The van der Waals surface area contributed by atoms with E-state index in [1.165, 1.54) is 0 Å². The summed E-state index contributed by atoms with van der Waals surface area (Å²) < 4.78 is 1.10. The summed E-state index contributed by atoms with van der Waals surface area (Å²) in [6.45, 7) is -0.149. The number of halogens is 1. The van der Waals surface area contributed by atoms with Crippen LogP contribution in [0, 0.1) is 3.57 Å². The highest BCUT2D eigenvalue weighted by atomic mass is 127. The zero-order valence-corrected chi connectivity index (χ0v) is 12.9. The summed E-state index contributed by atoms with van der Waals surface area (Å²) in [5.41, 5.74) is 1.58. The molecule has 0 aliphatic rings. The number of aliphatic hydroxyl groups is 1. The Morgan fingerprint density at radius 1 is 1.10 bits per heavy atom. The SMILES string of the molecule is O=C(Nc1ccc(I)cc1)N[C@H](CO)c1ccccc1. The predicted octanol–water partition coefficient (Wildman–Crippen LogP) is 3.15. The van der Waals surface area contributed by atoms with Crippen molar-refractivity contribution in [2.75, 3.05) is 11.9 Å². The van der Waals surface area contributed by atoms with Crippen molar-refractivity contribution in [1.82, 2.24) is 5.32 Å². The highest BCUT2D eigenvalue weighted by molar-refractivity contribution is 14.1. The molecule has 0 aliphatic heterocycles. The summed E-state index contributed by atoms with van der Waals surface area (Å²) in [7, 11) is 0. The Labute approximate surface area is 131 Å². The Bertz CT molecular complexity index is 558. The normalized spacial score (nSPS) is 11.7. The average molecular weight is 382 g/mol. The highest BCUT2D eigenvalue weighted by Gasteiger charge is 2.13. The molecular weight excluding hydrogens is 367 g/mol. The smallest absolute Gasteiger partial charge is 0.319 e. The van der Waals surface area contributed by atoms with Gasteiger partial charge in [-0.15, -0.1) is 0 Å². The minimum Gasteiger partial charge on any atom is -0.394 e. The van der Waals surface area contributed by atoms with Gasteiger partial charge in [0.25, 0.3) is 0 Å². The fourth-order valence-electron chi connectivity index (χ4n) is 1.78. The molecule has 0 bridgehead atoms. The van der Waals surface area contributed by atoms with Gasteiger partial charge in [0.1, 0.15) is 0 Å². The number of carbonyl (C=O) groups is 1. The van der Waals surface area contributed by atoms with Crippen molar-refractivity contribution in [2.24, 2.45) is 0 Å². The summed E-state index contributed by atoms with van der Waals surface area (Å²) in [5.74, 6) is 0. The van der Waals surface area contributed by atoms with Crippen molar-refractivity contribution >= 4 is 34.3 Å². The molecule has 1 atom stereocenters. The number of aliphatic hydroxyl groups excluding tert-OH is 1. The van der Waals surface area contributed by atoms with E-state index in [4.69, 9.17) is 0 Å². The Morgan fingerprint density at radius 2 is 1.75 bits per heavy atom. The first-order valence-corrected chi connectivity index (χ1v) is 7.26. The monoisotopic (exact) mass is 382 g/mol. The quantitative estimate of drug-likeness (QED) is 0.712. The summed E-state index contributed by atoms with van der Waals surface area (Å²) >= 11 is 2.20. The van der Waals surface area contributed by atoms with Crippen LogP contribution in [0.15, 0.2) is 54.6 Å². The Hall–Kier alpha value is -1.60. The van der Waals surface area contributed by atoms with Crippen molar-refractivity contribution in [3.63, 3.8) is 0 Å². The first kappa shape index (κ1) is 14.8. The van der Waals surface area contributed by atoms with Crippen LogP contribution in [-0.2, 0) is 0 Å². The van der Waals surface area contributed by atoms with Crippen molar-refractivity contribution in [1.29, 1.82) is 0 Å². The van der Waals surface area contributed by atoms with Crippen LogP contribution in [0.5, 0.6) is 0 Å². The third kappa shape index (κ3) is 4.21. The molecule has 2 aromatic rings. The molecule has 0 aliphatic carbocycles. The van der Waals surface area contributed by atoms with E-state index in [-0.39, 0.29) is 12.6 Å². The molecule has 2 amide bonds. The lowest BCUT2D eigenvalue weighted by atomic mass is 10.1. The molecule has 4 nitrogen and oxygen atoms in total. The summed E-state index contributed by atoms with van der Waals surface area (Å²) in [6.07, 6.45) is 0. The summed E-state index contributed by atoms with van der Waals surface area (Å²) in [6, 6.07) is 16.1. The van der Waals surface area contributed by atoms with Crippen LogP contribution in [0.2, 0.25) is 0 Å². The number of carbonyl (C=O) groups excluding carboxylic acids is 1. The minimum atomic E-state index is -0.417. The number of hydrogen-bond acceptors (Lipinski definition) is 2. The van der Waals surface area contributed by atoms with Gasteiger partial charge < -0.3 is 15.7 Å². The Morgan fingerprint density at radius 3 is 2.35 bits per heavy atom. The van der Waals surface area contributed by atoms with E-state index in [9.17, 15) is 9.90 Å². The van der Waals surface area contributed by atoms with E-state index in [0.29, 0.717) is 5.69 Å². The van der Waals surface area contributed by atoms with Crippen LogP contribution >= 0.6 is 22.6 Å². The van der Waals surface area contributed by atoms with Crippen LogP contribution < -0.4 is 10.6 Å². The number of rotatable bonds is 4. The molecular formula is C15H15IN2O2. The zero-order chi connectivity index (χ0) is 14.4. The van der Waals surface area contributed by atoms with E-state index < -0.39 is 6.04 Å². The number of anilines is 1. The van der Waals surface area contributed by atoms with Gasteiger partial charge in [-0.05, 0) is 52.4 Å². The Balaban J connectivity index is 1.97. The van der Waals surface area contributed by atoms with Gasteiger partial charge >= 0.3 is 6.03 Å². The molecule has 0 unspecified atom stereocenters.